The zero-order valence-corrected chi connectivity index (χ0v) is 15.2. The van der Waals surface area contributed by atoms with Gasteiger partial charge in [0, 0.05) is 5.02 Å². The molecule has 0 aromatic heterocycles. The molecule has 0 aliphatic carbocycles. The molecule has 0 saturated carbocycles. The monoisotopic (exact) mass is 424 g/mol. The molecule has 0 bridgehead atoms. The SMILES string of the molecule is CC(NS(=O)(=O)c1ccccc1C(F)(F)F)C(=O)Nc1ccc(Cl)cc1F. The molecule has 2 aromatic rings. The van der Waals surface area contributed by atoms with E-state index in [4.69, 9.17) is 11.6 Å². The Kier molecular flexibility index (Phi) is 6.13. The van der Waals surface area contributed by atoms with Gasteiger partial charge in [-0.1, -0.05) is 23.7 Å². The smallest absolute Gasteiger partial charge is 0.322 e. The number of carbonyl (C=O) groups excluding carboxylic acids is 1. The van der Waals surface area contributed by atoms with Gasteiger partial charge in [0.15, 0.2) is 0 Å². The number of amides is 1. The van der Waals surface area contributed by atoms with Crippen molar-refractivity contribution < 1.29 is 30.8 Å². The predicted octanol–water partition coefficient (Wildman–Crippen LogP) is 3.80. The lowest BCUT2D eigenvalue weighted by Gasteiger charge is -2.17. The largest absolute Gasteiger partial charge is 0.417 e. The minimum atomic E-state index is -4.90. The number of halogens is 5. The number of nitrogens with one attached hydrogen (secondary N) is 2. The number of anilines is 1. The van der Waals surface area contributed by atoms with E-state index >= 15 is 0 Å². The Morgan fingerprint density at radius 2 is 1.78 bits per heavy atom. The van der Waals surface area contributed by atoms with Crippen LogP contribution in [0, 0.1) is 5.82 Å². The van der Waals surface area contributed by atoms with Crippen molar-refractivity contribution >= 4 is 33.2 Å². The molecule has 2 rings (SSSR count). The highest BCUT2D eigenvalue weighted by Crippen LogP contribution is 2.33. The minimum Gasteiger partial charge on any atom is -0.322 e. The third-order valence-corrected chi connectivity index (χ3v) is 5.23. The Morgan fingerprint density at radius 1 is 1.15 bits per heavy atom. The maximum absolute atomic E-state index is 13.7. The summed E-state index contributed by atoms with van der Waals surface area (Å²) >= 11 is 5.59. The molecular weight excluding hydrogens is 412 g/mol. The van der Waals surface area contributed by atoms with Gasteiger partial charge in [0.2, 0.25) is 15.9 Å². The summed E-state index contributed by atoms with van der Waals surface area (Å²) in [5.41, 5.74) is -1.63. The zero-order valence-electron chi connectivity index (χ0n) is 13.6. The Balaban J connectivity index is 2.21. The zero-order chi connectivity index (χ0) is 20.4. The van der Waals surface area contributed by atoms with Crippen LogP contribution in [0.2, 0.25) is 5.02 Å². The lowest BCUT2D eigenvalue weighted by molar-refractivity contribution is -0.139. The second-order valence-electron chi connectivity index (χ2n) is 5.45. The van der Waals surface area contributed by atoms with Crippen LogP contribution in [-0.2, 0) is 21.0 Å². The highest BCUT2D eigenvalue weighted by atomic mass is 35.5. The van der Waals surface area contributed by atoms with Gasteiger partial charge < -0.3 is 5.32 Å². The maximum Gasteiger partial charge on any atom is 0.417 e. The van der Waals surface area contributed by atoms with Crippen LogP contribution in [0.3, 0.4) is 0 Å². The van der Waals surface area contributed by atoms with Crippen molar-refractivity contribution in [3.8, 4) is 0 Å². The molecule has 0 heterocycles. The lowest BCUT2D eigenvalue weighted by Crippen LogP contribution is -2.42. The fourth-order valence-corrected chi connectivity index (χ4v) is 3.71. The molecule has 1 atom stereocenters. The number of alkyl halides is 3. The van der Waals surface area contributed by atoms with Gasteiger partial charge in [-0.05, 0) is 37.3 Å². The molecule has 1 unspecified atom stereocenters. The van der Waals surface area contributed by atoms with E-state index in [9.17, 15) is 30.8 Å². The van der Waals surface area contributed by atoms with Crippen molar-refractivity contribution in [2.45, 2.75) is 24.0 Å². The summed E-state index contributed by atoms with van der Waals surface area (Å²) in [5, 5.41) is 2.22. The molecule has 5 nitrogen and oxygen atoms in total. The number of carbonyl (C=O) groups is 1. The molecule has 0 aliphatic rings. The number of rotatable bonds is 5. The van der Waals surface area contributed by atoms with Crippen molar-refractivity contribution in [3.63, 3.8) is 0 Å². The molecule has 2 aromatic carbocycles. The number of sulfonamides is 1. The molecule has 11 heteroatoms. The van der Waals surface area contributed by atoms with Crippen LogP contribution in [0.15, 0.2) is 47.4 Å². The highest BCUT2D eigenvalue weighted by Gasteiger charge is 2.37. The quantitative estimate of drug-likeness (QED) is 0.717. The first-order chi connectivity index (χ1) is 12.4. The van der Waals surface area contributed by atoms with E-state index in [1.165, 1.54) is 6.07 Å². The molecule has 0 spiro atoms. The van der Waals surface area contributed by atoms with Gasteiger partial charge in [0.05, 0.1) is 22.2 Å². The molecule has 27 heavy (non-hydrogen) atoms. The second-order valence-corrected chi connectivity index (χ2v) is 7.57. The maximum atomic E-state index is 13.7. The normalized spacial score (nSPS) is 13.3. The van der Waals surface area contributed by atoms with Crippen LogP contribution < -0.4 is 10.0 Å². The van der Waals surface area contributed by atoms with Crippen molar-refractivity contribution in [1.82, 2.24) is 4.72 Å². The standard InChI is InChI=1S/C16H13ClF4N2O3S/c1-9(15(24)22-13-7-6-10(17)8-12(13)18)23-27(25,26)14-5-3-2-4-11(14)16(19,20)21/h2-9,23H,1H3,(H,22,24). The third-order valence-electron chi connectivity index (χ3n) is 3.40. The first kappa shape index (κ1) is 21.1. The molecule has 0 fully saturated rings. The summed E-state index contributed by atoms with van der Waals surface area (Å²) in [7, 11) is -4.67. The van der Waals surface area contributed by atoms with Gasteiger partial charge in [-0.25, -0.2) is 12.8 Å². The van der Waals surface area contributed by atoms with E-state index in [1.54, 1.807) is 0 Å². The fraction of sp³-hybridized carbons (Fsp3) is 0.188. The summed E-state index contributed by atoms with van der Waals surface area (Å²) in [4.78, 5) is 11.1. The van der Waals surface area contributed by atoms with E-state index in [1.807, 2.05) is 4.72 Å². The van der Waals surface area contributed by atoms with Gasteiger partial charge >= 0.3 is 6.18 Å². The van der Waals surface area contributed by atoms with Crippen LogP contribution in [0.5, 0.6) is 0 Å². The van der Waals surface area contributed by atoms with Crippen LogP contribution in [0.1, 0.15) is 12.5 Å². The van der Waals surface area contributed by atoms with Gasteiger partial charge in [0.1, 0.15) is 5.82 Å². The summed E-state index contributed by atoms with van der Waals surface area (Å²) in [6.45, 7) is 1.11. The van der Waals surface area contributed by atoms with Gasteiger partial charge in [-0.15, -0.1) is 0 Å². The number of hydrogen-bond donors (Lipinski definition) is 2. The van der Waals surface area contributed by atoms with Crippen LogP contribution in [0.25, 0.3) is 0 Å². The second kappa shape index (κ2) is 7.83. The molecule has 146 valence electrons. The van der Waals surface area contributed by atoms with Crippen molar-refractivity contribution in [2.75, 3.05) is 5.32 Å². The molecule has 2 N–H and O–H groups in total. The van der Waals surface area contributed by atoms with E-state index in [0.717, 1.165) is 37.3 Å². The fourth-order valence-electron chi connectivity index (χ4n) is 2.12. The van der Waals surface area contributed by atoms with Crippen LogP contribution >= 0.6 is 11.6 Å². The molecule has 0 radical (unpaired) electrons. The molecular formula is C16H13ClF4N2O3S. The number of hydrogen-bond acceptors (Lipinski definition) is 3. The first-order valence-corrected chi connectivity index (χ1v) is 9.22. The average Bonchev–Trinajstić information content (AvgIpc) is 2.56. The van der Waals surface area contributed by atoms with Crippen LogP contribution in [-0.4, -0.2) is 20.4 Å². The van der Waals surface area contributed by atoms with E-state index in [0.29, 0.717) is 6.07 Å². The first-order valence-electron chi connectivity index (χ1n) is 7.36. The Bertz CT molecular complexity index is 964. The topological polar surface area (TPSA) is 75.3 Å². The van der Waals surface area contributed by atoms with Crippen molar-refractivity contribution in [3.05, 3.63) is 58.9 Å². The minimum absolute atomic E-state index is 0.0861. The van der Waals surface area contributed by atoms with Gasteiger partial charge in [-0.2, -0.15) is 17.9 Å². The highest BCUT2D eigenvalue weighted by molar-refractivity contribution is 7.89. The summed E-state index contributed by atoms with van der Waals surface area (Å²) in [5.74, 6) is -1.82. The number of benzene rings is 2. The van der Waals surface area contributed by atoms with Crippen molar-refractivity contribution in [1.29, 1.82) is 0 Å². The lowest BCUT2D eigenvalue weighted by atomic mass is 10.2. The van der Waals surface area contributed by atoms with Crippen molar-refractivity contribution in [2.24, 2.45) is 0 Å². The van der Waals surface area contributed by atoms with Crippen LogP contribution in [0.4, 0.5) is 23.2 Å². The Labute approximate surface area is 157 Å². The summed E-state index contributed by atoms with van der Waals surface area (Å²) < 4.78 is 79.2. The molecule has 1 amide bonds. The predicted molar refractivity (Wildman–Crippen MR) is 91.3 cm³/mol. The Morgan fingerprint density at radius 3 is 2.37 bits per heavy atom. The third kappa shape index (κ3) is 5.18. The van der Waals surface area contributed by atoms with E-state index < -0.39 is 44.4 Å². The van der Waals surface area contributed by atoms with Gasteiger partial charge in [-0.3, -0.25) is 4.79 Å². The summed E-state index contributed by atoms with van der Waals surface area (Å²) in [6.07, 6.45) is -4.90. The molecule has 0 aliphatic heterocycles. The van der Waals surface area contributed by atoms with Gasteiger partial charge in [0.25, 0.3) is 0 Å². The summed E-state index contributed by atoms with van der Waals surface area (Å²) in [6, 6.07) is 5.47. The average molecular weight is 425 g/mol. The Hall–Kier alpha value is -2.17. The van der Waals surface area contributed by atoms with E-state index in [2.05, 4.69) is 5.32 Å². The molecule has 0 saturated heterocycles. The van der Waals surface area contributed by atoms with E-state index in [-0.39, 0.29) is 10.7 Å².